The average Bonchev–Trinajstić information content (AvgIpc) is 1.99. The second-order valence-electron chi connectivity index (χ2n) is 3.85. The Balaban J connectivity index is 4.20. The Morgan fingerprint density at radius 2 is 1.93 bits per heavy atom. The van der Waals surface area contributed by atoms with Crippen molar-refractivity contribution in [3.8, 4) is 0 Å². The molecule has 14 heavy (non-hydrogen) atoms. The van der Waals surface area contributed by atoms with E-state index in [1.807, 2.05) is 0 Å². The topological polar surface area (TPSA) is 89.3 Å². The molecule has 84 valence electrons. The third-order valence-electron chi connectivity index (χ3n) is 2.09. The Bertz CT molecular complexity index is 296. The molecule has 0 unspecified atom stereocenters. The van der Waals surface area contributed by atoms with Gasteiger partial charge in [0.2, 0.25) is 5.91 Å². The van der Waals surface area contributed by atoms with E-state index in [0.717, 1.165) is 6.26 Å². The van der Waals surface area contributed by atoms with Gasteiger partial charge in [-0.2, -0.15) is 0 Å². The molecular weight excluding hydrogens is 204 g/mol. The van der Waals surface area contributed by atoms with Gasteiger partial charge in [-0.1, -0.05) is 0 Å². The predicted octanol–water partition coefficient (Wildman–Crippen LogP) is -0.725. The molecule has 0 aliphatic rings. The maximum atomic E-state index is 11.2. The van der Waals surface area contributed by atoms with Gasteiger partial charge in [-0.3, -0.25) is 4.79 Å². The lowest BCUT2D eigenvalue weighted by atomic mass is 10.2. The highest BCUT2D eigenvalue weighted by atomic mass is 32.2. The molecule has 1 amide bonds. The molecule has 0 rings (SSSR count). The van der Waals surface area contributed by atoms with E-state index >= 15 is 0 Å². The first kappa shape index (κ1) is 13.4. The van der Waals surface area contributed by atoms with Gasteiger partial charge in [0.1, 0.15) is 0 Å². The molecule has 0 radical (unpaired) electrons. The number of hydrogen-bond acceptors (Lipinski definition) is 4. The molecule has 0 bridgehead atoms. The van der Waals surface area contributed by atoms with E-state index in [1.54, 1.807) is 13.8 Å². The summed E-state index contributed by atoms with van der Waals surface area (Å²) in [6.07, 6.45) is 1.38. The molecule has 0 aliphatic carbocycles. The zero-order valence-electron chi connectivity index (χ0n) is 8.83. The van der Waals surface area contributed by atoms with Crippen LogP contribution in [0.3, 0.4) is 0 Å². The quantitative estimate of drug-likeness (QED) is 0.642. The fourth-order valence-electron chi connectivity index (χ4n) is 0.662. The molecule has 6 heteroatoms. The molecule has 0 saturated carbocycles. The van der Waals surface area contributed by atoms with Gasteiger partial charge in [0.25, 0.3) is 0 Å². The Morgan fingerprint density at radius 3 is 2.29 bits per heavy atom. The van der Waals surface area contributed by atoms with Crippen LogP contribution in [0.1, 0.15) is 20.3 Å². The highest BCUT2D eigenvalue weighted by Crippen LogP contribution is 2.13. The van der Waals surface area contributed by atoms with E-state index in [-0.39, 0.29) is 25.4 Å². The van der Waals surface area contributed by atoms with Crippen LogP contribution in [0.15, 0.2) is 0 Å². The summed E-state index contributed by atoms with van der Waals surface area (Å²) >= 11 is 0. The Hall–Kier alpha value is -0.620. The largest absolute Gasteiger partial charge is 0.354 e. The number of nitrogens with two attached hydrogens (primary N) is 1. The molecule has 5 nitrogen and oxygen atoms in total. The zero-order valence-corrected chi connectivity index (χ0v) is 9.65. The molecule has 0 spiro atoms. The summed E-state index contributed by atoms with van der Waals surface area (Å²) in [5.74, 6) is -0.218. The lowest BCUT2D eigenvalue weighted by Crippen LogP contribution is -2.44. The van der Waals surface area contributed by atoms with Crippen molar-refractivity contribution in [2.24, 2.45) is 5.73 Å². The number of sulfone groups is 1. The molecule has 0 saturated heterocycles. The van der Waals surface area contributed by atoms with Crippen molar-refractivity contribution in [1.82, 2.24) is 5.32 Å². The molecule has 0 aromatic carbocycles. The lowest BCUT2D eigenvalue weighted by molar-refractivity contribution is -0.120. The number of nitrogens with one attached hydrogen (secondary N) is 1. The van der Waals surface area contributed by atoms with E-state index in [4.69, 9.17) is 5.73 Å². The van der Waals surface area contributed by atoms with Gasteiger partial charge in [0.15, 0.2) is 9.84 Å². The molecular formula is C8H18N2O3S. The Kier molecular flexibility index (Phi) is 4.54. The summed E-state index contributed by atoms with van der Waals surface area (Å²) in [6, 6.07) is 0. The first-order valence-corrected chi connectivity index (χ1v) is 6.26. The predicted molar refractivity (Wildman–Crippen MR) is 55.6 cm³/mol. The summed E-state index contributed by atoms with van der Waals surface area (Å²) in [6.45, 7) is 3.53. The first-order valence-electron chi connectivity index (χ1n) is 4.37. The van der Waals surface area contributed by atoms with Crippen molar-refractivity contribution in [1.29, 1.82) is 0 Å². The monoisotopic (exact) mass is 222 g/mol. The standard InChI is InChI=1S/C8H18N2O3S/c1-8(2,14(3,12)13)6-10-7(11)4-5-9/h4-6,9H2,1-3H3,(H,10,11). The lowest BCUT2D eigenvalue weighted by Gasteiger charge is -2.22. The van der Waals surface area contributed by atoms with Crippen molar-refractivity contribution >= 4 is 15.7 Å². The fraction of sp³-hybridized carbons (Fsp3) is 0.875. The van der Waals surface area contributed by atoms with Crippen molar-refractivity contribution in [2.45, 2.75) is 25.0 Å². The number of hydrogen-bond donors (Lipinski definition) is 2. The fourth-order valence-corrected chi connectivity index (χ4v) is 0.996. The Labute approximate surface area is 85.0 Å². The molecule has 0 aliphatic heterocycles. The van der Waals surface area contributed by atoms with Crippen molar-refractivity contribution in [3.05, 3.63) is 0 Å². The van der Waals surface area contributed by atoms with Crippen molar-refractivity contribution < 1.29 is 13.2 Å². The number of rotatable bonds is 5. The summed E-state index contributed by atoms with van der Waals surface area (Å²) in [5.41, 5.74) is 5.18. The van der Waals surface area contributed by atoms with Crippen LogP contribution >= 0.6 is 0 Å². The normalized spacial score (nSPS) is 12.6. The van der Waals surface area contributed by atoms with Gasteiger partial charge in [0, 0.05) is 25.8 Å². The van der Waals surface area contributed by atoms with Crippen LogP contribution in [0.2, 0.25) is 0 Å². The van der Waals surface area contributed by atoms with E-state index < -0.39 is 14.6 Å². The maximum absolute atomic E-state index is 11.2. The summed E-state index contributed by atoms with van der Waals surface area (Å²) in [4.78, 5) is 11.0. The smallest absolute Gasteiger partial charge is 0.221 e. The van der Waals surface area contributed by atoms with Gasteiger partial charge in [-0.25, -0.2) is 8.42 Å². The van der Waals surface area contributed by atoms with Gasteiger partial charge >= 0.3 is 0 Å². The molecule has 0 heterocycles. The van der Waals surface area contributed by atoms with Gasteiger partial charge in [-0.05, 0) is 13.8 Å². The molecule has 0 aromatic rings. The third kappa shape index (κ3) is 4.06. The highest BCUT2D eigenvalue weighted by molar-refractivity contribution is 7.92. The first-order chi connectivity index (χ1) is 6.20. The maximum Gasteiger partial charge on any atom is 0.221 e. The van der Waals surface area contributed by atoms with Crippen LogP contribution in [-0.2, 0) is 14.6 Å². The van der Waals surface area contributed by atoms with E-state index in [0.29, 0.717) is 0 Å². The molecule has 0 atom stereocenters. The number of carbonyl (C=O) groups excluding carboxylic acids is 1. The molecule has 0 fully saturated rings. The zero-order chi connectivity index (χ0) is 11.4. The minimum atomic E-state index is -3.16. The van der Waals surface area contributed by atoms with Gasteiger partial charge < -0.3 is 11.1 Å². The van der Waals surface area contributed by atoms with Crippen molar-refractivity contribution in [3.63, 3.8) is 0 Å². The van der Waals surface area contributed by atoms with Crippen LogP contribution in [-0.4, -0.2) is 38.4 Å². The second-order valence-corrected chi connectivity index (χ2v) is 6.50. The van der Waals surface area contributed by atoms with Crippen molar-refractivity contribution in [2.75, 3.05) is 19.3 Å². The van der Waals surface area contributed by atoms with Gasteiger partial charge in [0.05, 0.1) is 4.75 Å². The van der Waals surface area contributed by atoms with E-state index in [1.165, 1.54) is 0 Å². The highest BCUT2D eigenvalue weighted by Gasteiger charge is 2.30. The molecule has 0 aromatic heterocycles. The number of amides is 1. The summed E-state index contributed by atoms with van der Waals surface area (Å²) in [7, 11) is -3.16. The summed E-state index contributed by atoms with van der Waals surface area (Å²) < 4.78 is 21.6. The van der Waals surface area contributed by atoms with E-state index in [2.05, 4.69) is 5.32 Å². The van der Waals surface area contributed by atoms with Crippen LogP contribution < -0.4 is 11.1 Å². The van der Waals surface area contributed by atoms with Crippen LogP contribution in [0.25, 0.3) is 0 Å². The van der Waals surface area contributed by atoms with Gasteiger partial charge in [-0.15, -0.1) is 0 Å². The van der Waals surface area contributed by atoms with Crippen LogP contribution in [0.4, 0.5) is 0 Å². The van der Waals surface area contributed by atoms with Crippen LogP contribution in [0, 0.1) is 0 Å². The second kappa shape index (κ2) is 4.75. The SMILES string of the molecule is CC(C)(CNC(=O)CCN)S(C)(=O)=O. The average molecular weight is 222 g/mol. The Morgan fingerprint density at radius 1 is 1.43 bits per heavy atom. The third-order valence-corrected chi connectivity index (χ3v) is 4.24. The summed E-state index contributed by atoms with van der Waals surface area (Å²) in [5, 5.41) is 2.53. The molecule has 3 N–H and O–H groups in total. The number of carbonyl (C=O) groups is 1. The minimum Gasteiger partial charge on any atom is -0.354 e. The minimum absolute atomic E-state index is 0.116. The van der Waals surface area contributed by atoms with Crippen LogP contribution in [0.5, 0.6) is 0 Å². The van der Waals surface area contributed by atoms with E-state index in [9.17, 15) is 13.2 Å².